The highest BCUT2D eigenvalue weighted by molar-refractivity contribution is 5.79. The number of piperazine rings is 1. The van der Waals surface area contributed by atoms with Gasteiger partial charge in [0.1, 0.15) is 0 Å². The first-order valence-corrected chi connectivity index (χ1v) is 10.0. The zero-order valence-electron chi connectivity index (χ0n) is 17.5. The Hall–Kier alpha value is -2.38. The van der Waals surface area contributed by atoms with Crippen molar-refractivity contribution in [2.24, 2.45) is 4.99 Å². The molecule has 0 aliphatic carbocycles. The van der Waals surface area contributed by atoms with Gasteiger partial charge in [0.2, 0.25) is 0 Å². The largest absolute Gasteiger partial charge is 0.357 e. The number of likely N-dealkylation sites (N-methyl/N-ethyl adjacent to an activating group) is 2. The molecule has 152 valence electrons. The fourth-order valence-corrected chi connectivity index (χ4v) is 3.47. The number of nitrogens with zero attached hydrogens (tertiary/aromatic N) is 6. The Kier molecular flexibility index (Phi) is 7.06. The molecule has 1 unspecified atom stereocenters. The summed E-state index contributed by atoms with van der Waals surface area (Å²) < 4.78 is 1.92. The molecule has 3 rings (SSSR count). The summed E-state index contributed by atoms with van der Waals surface area (Å²) in [4.78, 5) is 11.9. The van der Waals surface area contributed by atoms with Crippen molar-refractivity contribution in [2.75, 3.05) is 53.9 Å². The van der Waals surface area contributed by atoms with Crippen LogP contribution in [0.5, 0.6) is 0 Å². The maximum Gasteiger partial charge on any atom is 0.194 e. The van der Waals surface area contributed by atoms with Crippen molar-refractivity contribution in [1.29, 1.82) is 0 Å². The molecular formula is C21H33N7. The maximum atomic E-state index is 4.92. The molecule has 2 aromatic rings. The van der Waals surface area contributed by atoms with Crippen molar-refractivity contribution < 1.29 is 0 Å². The lowest BCUT2D eigenvalue weighted by molar-refractivity contribution is 0.119. The van der Waals surface area contributed by atoms with E-state index in [1.54, 1.807) is 0 Å². The number of aromatic nitrogens is 2. The first-order valence-electron chi connectivity index (χ1n) is 10.0. The summed E-state index contributed by atoms with van der Waals surface area (Å²) in [6.45, 7) is 7.82. The molecule has 1 aromatic heterocycles. The van der Waals surface area contributed by atoms with Crippen LogP contribution in [0.1, 0.15) is 12.5 Å². The minimum absolute atomic E-state index is 0.460. The third-order valence-electron chi connectivity index (χ3n) is 5.21. The van der Waals surface area contributed by atoms with E-state index >= 15 is 0 Å². The fourth-order valence-electron chi connectivity index (χ4n) is 3.47. The Labute approximate surface area is 168 Å². The van der Waals surface area contributed by atoms with Crippen LogP contribution >= 0.6 is 0 Å². The Morgan fingerprint density at radius 3 is 2.79 bits per heavy atom. The Morgan fingerprint density at radius 2 is 2.04 bits per heavy atom. The SMILES string of the molecule is CCNC(=NCC1CN(C)CCN1C)N(C)Cc1cnn(-c2ccccc2)c1. The van der Waals surface area contributed by atoms with E-state index in [1.807, 2.05) is 29.1 Å². The van der Waals surface area contributed by atoms with Crippen LogP contribution in [0, 0.1) is 0 Å². The third-order valence-corrected chi connectivity index (χ3v) is 5.21. The highest BCUT2D eigenvalue weighted by Gasteiger charge is 2.22. The molecule has 0 saturated carbocycles. The van der Waals surface area contributed by atoms with Gasteiger partial charge in [-0.15, -0.1) is 0 Å². The van der Waals surface area contributed by atoms with Crippen molar-refractivity contribution in [1.82, 2.24) is 29.8 Å². The van der Waals surface area contributed by atoms with Gasteiger partial charge in [-0.2, -0.15) is 5.10 Å². The van der Waals surface area contributed by atoms with Gasteiger partial charge in [-0.3, -0.25) is 9.89 Å². The van der Waals surface area contributed by atoms with Crippen LogP contribution < -0.4 is 5.32 Å². The minimum atomic E-state index is 0.460. The normalized spacial score (nSPS) is 19.0. The van der Waals surface area contributed by atoms with Crippen molar-refractivity contribution in [3.05, 3.63) is 48.3 Å². The molecule has 28 heavy (non-hydrogen) atoms. The van der Waals surface area contributed by atoms with E-state index in [-0.39, 0.29) is 0 Å². The van der Waals surface area contributed by atoms with E-state index in [2.05, 4.69) is 71.5 Å². The number of hydrogen-bond donors (Lipinski definition) is 1. The summed E-state index contributed by atoms with van der Waals surface area (Å²) >= 11 is 0. The van der Waals surface area contributed by atoms with Crippen LogP contribution in [0.2, 0.25) is 0 Å². The summed E-state index contributed by atoms with van der Waals surface area (Å²) in [6.07, 6.45) is 4.01. The van der Waals surface area contributed by atoms with Gasteiger partial charge in [0.05, 0.1) is 18.4 Å². The third kappa shape index (κ3) is 5.33. The van der Waals surface area contributed by atoms with E-state index in [4.69, 9.17) is 4.99 Å². The number of para-hydroxylation sites is 1. The fraction of sp³-hybridized carbons (Fsp3) is 0.524. The molecule has 0 amide bonds. The Bertz CT molecular complexity index is 755. The molecule has 0 radical (unpaired) electrons. The number of nitrogens with one attached hydrogen (secondary N) is 1. The molecular weight excluding hydrogens is 350 g/mol. The van der Waals surface area contributed by atoms with Gasteiger partial charge in [-0.25, -0.2) is 4.68 Å². The average Bonchev–Trinajstić information content (AvgIpc) is 3.16. The number of aliphatic imine (C=N–C) groups is 1. The average molecular weight is 384 g/mol. The van der Waals surface area contributed by atoms with Gasteiger partial charge in [0.15, 0.2) is 5.96 Å². The minimum Gasteiger partial charge on any atom is -0.357 e. The van der Waals surface area contributed by atoms with Crippen LogP contribution in [-0.2, 0) is 6.54 Å². The van der Waals surface area contributed by atoms with E-state index in [0.29, 0.717) is 6.04 Å². The molecule has 7 nitrogen and oxygen atoms in total. The highest BCUT2D eigenvalue weighted by Crippen LogP contribution is 2.10. The highest BCUT2D eigenvalue weighted by atomic mass is 15.3. The second-order valence-corrected chi connectivity index (χ2v) is 7.58. The molecule has 0 spiro atoms. The molecule has 1 saturated heterocycles. The smallest absolute Gasteiger partial charge is 0.194 e. The quantitative estimate of drug-likeness (QED) is 0.605. The zero-order valence-corrected chi connectivity index (χ0v) is 17.5. The van der Waals surface area contributed by atoms with Crippen molar-refractivity contribution in [2.45, 2.75) is 19.5 Å². The van der Waals surface area contributed by atoms with Gasteiger partial charge in [-0.05, 0) is 33.2 Å². The lowest BCUT2D eigenvalue weighted by atomic mass is 10.2. The molecule has 1 aromatic carbocycles. The second-order valence-electron chi connectivity index (χ2n) is 7.58. The van der Waals surface area contributed by atoms with Crippen LogP contribution in [0.25, 0.3) is 5.69 Å². The number of rotatable bonds is 6. The molecule has 1 atom stereocenters. The molecule has 0 bridgehead atoms. The van der Waals surface area contributed by atoms with Gasteiger partial charge >= 0.3 is 0 Å². The van der Waals surface area contributed by atoms with E-state index < -0.39 is 0 Å². The van der Waals surface area contributed by atoms with Crippen LogP contribution in [0.15, 0.2) is 47.7 Å². The van der Waals surface area contributed by atoms with E-state index in [0.717, 1.165) is 56.5 Å². The van der Waals surface area contributed by atoms with Crippen LogP contribution in [0.3, 0.4) is 0 Å². The van der Waals surface area contributed by atoms with Crippen molar-refractivity contribution in [3.8, 4) is 5.69 Å². The molecule has 1 N–H and O–H groups in total. The topological polar surface area (TPSA) is 51.9 Å². The van der Waals surface area contributed by atoms with Crippen molar-refractivity contribution >= 4 is 5.96 Å². The predicted molar refractivity (Wildman–Crippen MR) is 115 cm³/mol. The lowest BCUT2D eigenvalue weighted by Crippen LogP contribution is -2.51. The van der Waals surface area contributed by atoms with Crippen molar-refractivity contribution in [3.63, 3.8) is 0 Å². The number of guanidine groups is 1. The lowest BCUT2D eigenvalue weighted by Gasteiger charge is -2.37. The van der Waals surface area contributed by atoms with E-state index in [1.165, 1.54) is 0 Å². The molecule has 1 aliphatic heterocycles. The maximum absolute atomic E-state index is 4.92. The summed E-state index contributed by atoms with van der Waals surface area (Å²) in [7, 11) is 6.46. The van der Waals surface area contributed by atoms with Gasteiger partial charge < -0.3 is 15.1 Å². The summed E-state index contributed by atoms with van der Waals surface area (Å²) in [5.41, 5.74) is 2.23. The Balaban J connectivity index is 1.64. The molecule has 1 aliphatic rings. The number of benzene rings is 1. The first-order chi connectivity index (χ1) is 13.6. The predicted octanol–water partition coefficient (Wildman–Crippen LogP) is 1.52. The van der Waals surface area contributed by atoms with Crippen LogP contribution in [-0.4, -0.2) is 90.3 Å². The van der Waals surface area contributed by atoms with E-state index in [9.17, 15) is 0 Å². The molecule has 2 heterocycles. The summed E-state index contributed by atoms with van der Waals surface area (Å²) in [5, 5.41) is 7.92. The zero-order chi connectivity index (χ0) is 19.9. The summed E-state index contributed by atoms with van der Waals surface area (Å²) in [5.74, 6) is 0.941. The van der Waals surface area contributed by atoms with Gasteiger partial charge in [0.25, 0.3) is 0 Å². The first kappa shape index (κ1) is 20.4. The monoisotopic (exact) mass is 383 g/mol. The summed E-state index contributed by atoms with van der Waals surface area (Å²) in [6, 6.07) is 10.6. The van der Waals surface area contributed by atoms with Gasteiger partial charge in [0, 0.05) is 57.6 Å². The second kappa shape index (κ2) is 9.71. The van der Waals surface area contributed by atoms with Gasteiger partial charge in [-0.1, -0.05) is 18.2 Å². The molecule has 1 fully saturated rings. The van der Waals surface area contributed by atoms with Crippen LogP contribution in [0.4, 0.5) is 0 Å². The standard InChI is InChI=1S/C21H33N7/c1-5-22-21(23-14-20-17-25(2)11-12-26(20)3)27(4)15-18-13-24-28(16-18)19-9-7-6-8-10-19/h6-10,13,16,20H,5,11-12,14-15,17H2,1-4H3,(H,22,23). The Morgan fingerprint density at radius 1 is 1.25 bits per heavy atom. The molecule has 7 heteroatoms. The number of hydrogen-bond acceptors (Lipinski definition) is 4.